The summed E-state index contributed by atoms with van der Waals surface area (Å²) >= 11 is 1.71. The van der Waals surface area contributed by atoms with Gasteiger partial charge in [0.05, 0.1) is 18.5 Å². The number of hydrogen-bond acceptors (Lipinski definition) is 6. The van der Waals surface area contributed by atoms with Gasteiger partial charge < -0.3 is 19.5 Å². The van der Waals surface area contributed by atoms with Gasteiger partial charge in [-0.05, 0) is 31.4 Å². The lowest BCUT2D eigenvalue weighted by Gasteiger charge is -2.34. The highest BCUT2D eigenvalue weighted by Gasteiger charge is 2.29. The number of thiazole rings is 1. The molecule has 8 heteroatoms. The van der Waals surface area contributed by atoms with Crippen LogP contribution in [0.25, 0.3) is 0 Å². The van der Waals surface area contributed by atoms with Gasteiger partial charge in [-0.1, -0.05) is 6.92 Å². The van der Waals surface area contributed by atoms with E-state index < -0.39 is 0 Å². The highest BCUT2D eigenvalue weighted by atomic mass is 32.1. The molecule has 0 spiro atoms. The van der Waals surface area contributed by atoms with Gasteiger partial charge in [-0.25, -0.2) is 4.98 Å². The van der Waals surface area contributed by atoms with E-state index in [1.807, 2.05) is 24.0 Å². The van der Waals surface area contributed by atoms with Crippen LogP contribution in [-0.4, -0.2) is 47.9 Å². The first kappa shape index (κ1) is 19.0. The summed E-state index contributed by atoms with van der Waals surface area (Å²) in [5, 5.41) is 4.01. The van der Waals surface area contributed by atoms with E-state index in [0.29, 0.717) is 13.0 Å². The molecule has 1 saturated heterocycles. The number of carbonyl (C=O) groups is 2. The molecular formula is C20H26N4O3S. The Bertz CT molecular complexity index is 825. The van der Waals surface area contributed by atoms with Crippen molar-refractivity contribution in [3.8, 4) is 0 Å². The van der Waals surface area contributed by atoms with Crippen LogP contribution in [0.3, 0.4) is 0 Å². The van der Waals surface area contributed by atoms with Crippen LogP contribution in [0.15, 0.2) is 22.8 Å². The first-order chi connectivity index (χ1) is 13.6. The lowest BCUT2D eigenvalue weighted by Crippen LogP contribution is -2.48. The number of aryl methyl sites for hydroxylation is 1. The zero-order valence-electron chi connectivity index (χ0n) is 16.1. The van der Waals surface area contributed by atoms with Crippen LogP contribution in [0, 0.1) is 5.92 Å². The van der Waals surface area contributed by atoms with Crippen molar-refractivity contribution in [1.29, 1.82) is 0 Å². The molecule has 3 heterocycles. The van der Waals surface area contributed by atoms with E-state index in [9.17, 15) is 9.59 Å². The van der Waals surface area contributed by atoms with Crippen molar-refractivity contribution in [2.45, 2.75) is 39.2 Å². The molecule has 2 amide bonds. The highest BCUT2D eigenvalue weighted by molar-refractivity contribution is 7.15. The molecule has 1 atom stereocenters. The molecule has 1 aliphatic carbocycles. The molecule has 4 rings (SSSR count). The summed E-state index contributed by atoms with van der Waals surface area (Å²) in [5.41, 5.74) is 1.14. The van der Waals surface area contributed by atoms with Crippen molar-refractivity contribution < 1.29 is 14.0 Å². The number of nitrogens with zero attached hydrogens (tertiary/aromatic N) is 3. The third kappa shape index (κ3) is 4.06. The summed E-state index contributed by atoms with van der Waals surface area (Å²) < 4.78 is 5.27. The Morgan fingerprint density at radius 3 is 2.86 bits per heavy atom. The van der Waals surface area contributed by atoms with Crippen LogP contribution >= 0.6 is 11.3 Å². The van der Waals surface area contributed by atoms with Crippen molar-refractivity contribution in [1.82, 2.24) is 15.2 Å². The summed E-state index contributed by atoms with van der Waals surface area (Å²) in [6.45, 7) is 5.51. The molecule has 2 aliphatic rings. The minimum absolute atomic E-state index is 0.00483. The quantitative estimate of drug-likeness (QED) is 0.830. The number of anilines is 1. The van der Waals surface area contributed by atoms with Crippen LogP contribution in [0.2, 0.25) is 0 Å². The number of carbonyl (C=O) groups excluding carboxylic acids is 2. The van der Waals surface area contributed by atoms with E-state index in [1.54, 1.807) is 17.6 Å². The molecule has 28 heavy (non-hydrogen) atoms. The van der Waals surface area contributed by atoms with Gasteiger partial charge in [0.2, 0.25) is 11.8 Å². The number of hydrogen-bond donors (Lipinski definition) is 1. The Balaban J connectivity index is 1.33. The van der Waals surface area contributed by atoms with Crippen molar-refractivity contribution in [3.63, 3.8) is 0 Å². The maximum Gasteiger partial charge on any atom is 0.223 e. The normalized spacial score (nSPS) is 19.4. The number of rotatable bonds is 5. The van der Waals surface area contributed by atoms with Crippen LogP contribution in [0.1, 0.15) is 36.1 Å². The predicted octanol–water partition coefficient (Wildman–Crippen LogP) is 2.22. The Kier molecular flexibility index (Phi) is 5.66. The van der Waals surface area contributed by atoms with Gasteiger partial charge >= 0.3 is 0 Å². The number of piperazine rings is 1. The second kappa shape index (κ2) is 8.34. The van der Waals surface area contributed by atoms with Crippen molar-refractivity contribution in [2.75, 3.05) is 31.1 Å². The zero-order chi connectivity index (χ0) is 19.5. The minimum atomic E-state index is -0.00483. The highest BCUT2D eigenvalue weighted by Crippen LogP contribution is 2.34. The van der Waals surface area contributed by atoms with Crippen molar-refractivity contribution >= 4 is 28.3 Å². The summed E-state index contributed by atoms with van der Waals surface area (Å²) in [6, 6.07) is 3.69. The third-order valence-corrected chi connectivity index (χ3v) is 6.70. The second-order valence-electron chi connectivity index (χ2n) is 7.32. The fraction of sp³-hybridized carbons (Fsp3) is 0.550. The van der Waals surface area contributed by atoms with E-state index in [4.69, 9.17) is 9.40 Å². The Hall–Kier alpha value is -2.35. The average Bonchev–Trinajstić information content (AvgIpc) is 3.40. The van der Waals surface area contributed by atoms with E-state index >= 15 is 0 Å². The first-order valence-corrected chi connectivity index (χ1v) is 10.8. The van der Waals surface area contributed by atoms with Crippen LogP contribution in [-0.2, 0) is 29.0 Å². The lowest BCUT2D eigenvalue weighted by atomic mass is 9.90. The number of fused-ring (bicyclic) bond motifs is 1. The minimum Gasteiger partial charge on any atom is -0.467 e. The van der Waals surface area contributed by atoms with Gasteiger partial charge in [-0.3, -0.25) is 9.59 Å². The largest absolute Gasteiger partial charge is 0.467 e. The third-order valence-electron chi connectivity index (χ3n) is 5.52. The molecule has 7 nitrogen and oxygen atoms in total. The van der Waals surface area contributed by atoms with Crippen molar-refractivity contribution in [3.05, 3.63) is 34.7 Å². The molecule has 150 valence electrons. The molecule has 0 aromatic carbocycles. The maximum atomic E-state index is 12.5. The molecule has 2 aromatic rings. The fourth-order valence-electron chi connectivity index (χ4n) is 3.82. The first-order valence-electron chi connectivity index (χ1n) is 9.95. The standard InChI is InChI=1S/C20H26N4O3S/c1-2-18(25)23-7-9-24(10-8-23)20-22-16-6-5-14(12-17(16)28-20)19(26)21-13-15-4-3-11-27-15/h3-4,11,14H,2,5-10,12-13H2,1H3,(H,21,26)/t14-/m0/s1. The predicted molar refractivity (Wildman–Crippen MR) is 107 cm³/mol. The molecule has 1 fully saturated rings. The van der Waals surface area contributed by atoms with Crippen LogP contribution < -0.4 is 10.2 Å². The van der Waals surface area contributed by atoms with Crippen LogP contribution in [0.5, 0.6) is 0 Å². The summed E-state index contributed by atoms with van der Waals surface area (Å²) in [6.07, 6.45) is 4.61. The maximum absolute atomic E-state index is 12.5. The topological polar surface area (TPSA) is 78.7 Å². The van der Waals surface area contributed by atoms with Gasteiger partial charge in [-0.2, -0.15) is 0 Å². The number of furan rings is 1. The molecular weight excluding hydrogens is 376 g/mol. The fourth-order valence-corrected chi connectivity index (χ4v) is 5.06. The Labute approximate surface area is 168 Å². The molecule has 0 bridgehead atoms. The van der Waals surface area contributed by atoms with E-state index in [2.05, 4.69) is 10.2 Å². The second-order valence-corrected chi connectivity index (χ2v) is 8.39. The van der Waals surface area contributed by atoms with E-state index in [1.165, 1.54) is 4.88 Å². The van der Waals surface area contributed by atoms with Crippen LogP contribution in [0.4, 0.5) is 5.13 Å². The summed E-state index contributed by atoms with van der Waals surface area (Å²) in [5.74, 6) is 1.07. The molecule has 1 N–H and O–H groups in total. The average molecular weight is 403 g/mol. The molecule has 0 radical (unpaired) electrons. The Morgan fingerprint density at radius 2 is 2.14 bits per heavy atom. The van der Waals surface area contributed by atoms with E-state index in [0.717, 1.165) is 62.0 Å². The summed E-state index contributed by atoms with van der Waals surface area (Å²) in [7, 11) is 0. The molecule has 1 aliphatic heterocycles. The van der Waals surface area contributed by atoms with Gasteiger partial charge in [0, 0.05) is 43.4 Å². The monoisotopic (exact) mass is 402 g/mol. The Morgan fingerprint density at radius 1 is 1.32 bits per heavy atom. The smallest absolute Gasteiger partial charge is 0.223 e. The number of nitrogens with one attached hydrogen (secondary N) is 1. The SMILES string of the molecule is CCC(=O)N1CCN(c2nc3c(s2)C[C@@H](C(=O)NCc2ccco2)CC3)CC1. The van der Waals surface area contributed by atoms with Gasteiger partial charge in [0.25, 0.3) is 0 Å². The van der Waals surface area contributed by atoms with E-state index in [-0.39, 0.29) is 17.7 Å². The molecule has 0 unspecified atom stereocenters. The van der Waals surface area contributed by atoms with Crippen molar-refractivity contribution in [2.24, 2.45) is 5.92 Å². The van der Waals surface area contributed by atoms with Gasteiger partial charge in [0.1, 0.15) is 5.76 Å². The summed E-state index contributed by atoms with van der Waals surface area (Å²) in [4.78, 5) is 34.6. The molecule has 0 saturated carbocycles. The number of amides is 2. The van der Waals surface area contributed by atoms with Gasteiger partial charge in [0.15, 0.2) is 5.13 Å². The molecule has 2 aromatic heterocycles. The zero-order valence-corrected chi connectivity index (χ0v) is 17.0. The van der Waals surface area contributed by atoms with Gasteiger partial charge in [-0.15, -0.1) is 11.3 Å². The number of aromatic nitrogens is 1. The lowest BCUT2D eigenvalue weighted by molar-refractivity contribution is -0.131.